The van der Waals surface area contributed by atoms with Crippen molar-refractivity contribution in [1.82, 2.24) is 5.32 Å². The van der Waals surface area contributed by atoms with E-state index in [0.29, 0.717) is 6.04 Å². The summed E-state index contributed by atoms with van der Waals surface area (Å²) in [6.07, 6.45) is 9.68. The first-order chi connectivity index (χ1) is 11.7. The van der Waals surface area contributed by atoms with Gasteiger partial charge >= 0.3 is 0 Å². The molecule has 0 aromatic heterocycles. The SMILES string of the molecule is COc1ccc(NC(=S)NC2C[C@H]3CCC[C@H](C2)[NH+]3C2CC2)cc1. The van der Waals surface area contributed by atoms with E-state index in [1.54, 1.807) is 7.11 Å². The second-order valence-corrected chi connectivity index (χ2v) is 8.00. The Labute approximate surface area is 149 Å². The van der Waals surface area contributed by atoms with Crippen molar-refractivity contribution in [3.8, 4) is 5.75 Å². The second kappa shape index (κ2) is 6.89. The Hall–Kier alpha value is -1.33. The van der Waals surface area contributed by atoms with E-state index in [9.17, 15) is 0 Å². The van der Waals surface area contributed by atoms with Gasteiger partial charge in [0.05, 0.1) is 25.2 Å². The van der Waals surface area contributed by atoms with Gasteiger partial charge in [-0.2, -0.15) is 0 Å². The molecule has 4 nitrogen and oxygen atoms in total. The van der Waals surface area contributed by atoms with Gasteiger partial charge in [-0.05, 0) is 55.7 Å². The first kappa shape index (κ1) is 16.2. The number of ether oxygens (including phenoxy) is 1. The quantitative estimate of drug-likeness (QED) is 0.730. The highest BCUT2D eigenvalue weighted by Crippen LogP contribution is 2.27. The molecular formula is C19H28N3OS+. The highest BCUT2D eigenvalue weighted by molar-refractivity contribution is 7.80. The molecule has 0 amide bonds. The maximum absolute atomic E-state index is 5.54. The number of hydrogen-bond donors (Lipinski definition) is 3. The fourth-order valence-electron chi connectivity index (χ4n) is 4.80. The number of piperidine rings is 2. The normalized spacial score (nSPS) is 32.0. The summed E-state index contributed by atoms with van der Waals surface area (Å²) in [5.41, 5.74) is 1.01. The molecule has 3 fully saturated rings. The van der Waals surface area contributed by atoms with Crippen LogP contribution in [-0.4, -0.2) is 36.4 Å². The summed E-state index contributed by atoms with van der Waals surface area (Å²) < 4.78 is 5.19. The van der Waals surface area contributed by atoms with Crippen molar-refractivity contribution in [2.75, 3.05) is 12.4 Å². The van der Waals surface area contributed by atoms with Gasteiger partial charge < -0.3 is 20.3 Å². The molecule has 2 aliphatic heterocycles. The molecule has 2 bridgehead atoms. The van der Waals surface area contributed by atoms with Gasteiger partial charge in [0.15, 0.2) is 5.11 Å². The Morgan fingerprint density at radius 1 is 1.04 bits per heavy atom. The maximum atomic E-state index is 5.54. The Balaban J connectivity index is 1.32. The Morgan fingerprint density at radius 2 is 1.71 bits per heavy atom. The highest BCUT2D eigenvalue weighted by Gasteiger charge is 2.48. The predicted octanol–water partition coefficient (Wildman–Crippen LogP) is 2.11. The van der Waals surface area contributed by atoms with Crippen LogP contribution in [0.15, 0.2) is 24.3 Å². The van der Waals surface area contributed by atoms with Crippen LogP contribution in [0.2, 0.25) is 0 Å². The van der Waals surface area contributed by atoms with Crippen LogP contribution in [0, 0.1) is 0 Å². The first-order valence-electron chi connectivity index (χ1n) is 9.31. The van der Waals surface area contributed by atoms with E-state index in [4.69, 9.17) is 17.0 Å². The zero-order chi connectivity index (χ0) is 16.5. The molecule has 1 aromatic rings. The zero-order valence-corrected chi connectivity index (χ0v) is 15.2. The summed E-state index contributed by atoms with van der Waals surface area (Å²) in [7, 11) is 1.68. The third kappa shape index (κ3) is 3.52. The molecule has 3 N–H and O–H groups in total. The van der Waals surface area contributed by atoms with Crippen LogP contribution >= 0.6 is 12.2 Å². The topological polar surface area (TPSA) is 37.7 Å². The van der Waals surface area contributed by atoms with Crippen molar-refractivity contribution >= 4 is 23.0 Å². The minimum Gasteiger partial charge on any atom is -0.497 e. The molecule has 0 spiro atoms. The van der Waals surface area contributed by atoms with E-state index in [-0.39, 0.29) is 0 Å². The molecule has 1 saturated carbocycles. The Kier molecular flexibility index (Phi) is 4.63. The lowest BCUT2D eigenvalue weighted by Crippen LogP contribution is -3.22. The average molecular weight is 347 g/mol. The van der Waals surface area contributed by atoms with E-state index in [2.05, 4.69) is 10.6 Å². The molecule has 130 valence electrons. The summed E-state index contributed by atoms with van der Waals surface area (Å²) in [5, 5.41) is 7.64. The zero-order valence-electron chi connectivity index (χ0n) is 14.4. The Morgan fingerprint density at radius 3 is 2.29 bits per heavy atom. The lowest BCUT2D eigenvalue weighted by atomic mass is 9.81. The van der Waals surface area contributed by atoms with Gasteiger partial charge in [-0.25, -0.2) is 0 Å². The minimum atomic E-state index is 0.529. The molecule has 5 heteroatoms. The number of nitrogens with one attached hydrogen (secondary N) is 3. The summed E-state index contributed by atoms with van der Waals surface area (Å²) in [6.45, 7) is 0. The molecule has 2 saturated heterocycles. The monoisotopic (exact) mass is 346 g/mol. The van der Waals surface area contributed by atoms with E-state index in [1.165, 1.54) is 44.9 Å². The van der Waals surface area contributed by atoms with Gasteiger partial charge in [0, 0.05) is 37.4 Å². The van der Waals surface area contributed by atoms with Gasteiger partial charge in [0.25, 0.3) is 0 Å². The lowest BCUT2D eigenvalue weighted by molar-refractivity contribution is -0.971. The van der Waals surface area contributed by atoms with E-state index in [0.717, 1.165) is 34.7 Å². The van der Waals surface area contributed by atoms with E-state index >= 15 is 0 Å². The van der Waals surface area contributed by atoms with Crippen molar-refractivity contribution in [2.24, 2.45) is 0 Å². The first-order valence-corrected chi connectivity index (χ1v) is 9.72. The fraction of sp³-hybridized carbons (Fsp3) is 0.632. The number of fused-ring (bicyclic) bond motifs is 2. The summed E-state index contributed by atoms with van der Waals surface area (Å²) >= 11 is 5.54. The number of benzene rings is 1. The molecule has 2 atom stereocenters. The lowest BCUT2D eigenvalue weighted by Gasteiger charge is -2.46. The smallest absolute Gasteiger partial charge is 0.171 e. The predicted molar refractivity (Wildman–Crippen MR) is 101 cm³/mol. The van der Waals surface area contributed by atoms with Crippen molar-refractivity contribution in [2.45, 2.75) is 69.1 Å². The molecule has 3 aliphatic rings. The van der Waals surface area contributed by atoms with E-state index in [1.807, 2.05) is 29.2 Å². The summed E-state index contributed by atoms with van der Waals surface area (Å²) in [6, 6.07) is 11.1. The number of quaternary nitrogens is 1. The molecule has 0 unspecified atom stereocenters. The van der Waals surface area contributed by atoms with Crippen LogP contribution in [0.25, 0.3) is 0 Å². The van der Waals surface area contributed by atoms with Gasteiger partial charge in [0.2, 0.25) is 0 Å². The Bertz CT molecular complexity index is 573. The van der Waals surface area contributed by atoms with Crippen LogP contribution in [0.1, 0.15) is 44.9 Å². The number of rotatable bonds is 4. The van der Waals surface area contributed by atoms with Crippen molar-refractivity contribution in [1.29, 1.82) is 0 Å². The number of thiocarbonyl (C=S) groups is 1. The van der Waals surface area contributed by atoms with Crippen molar-refractivity contribution < 1.29 is 9.64 Å². The molecular weight excluding hydrogens is 318 g/mol. The molecule has 24 heavy (non-hydrogen) atoms. The van der Waals surface area contributed by atoms with Crippen LogP contribution in [-0.2, 0) is 0 Å². The van der Waals surface area contributed by atoms with Crippen molar-refractivity contribution in [3.05, 3.63) is 24.3 Å². The maximum Gasteiger partial charge on any atom is 0.171 e. The standard InChI is InChI=1S/C19H27N3OS/c1-23-18-9-5-13(6-10-18)20-19(24)21-14-11-16-3-2-4-17(12-14)22(16)15-7-8-15/h5-6,9-10,14-17H,2-4,7-8,11-12H2,1H3,(H2,20,21,24)/p+1/t16-,17-/m1/s1. The molecule has 0 radical (unpaired) electrons. The van der Waals surface area contributed by atoms with Gasteiger partial charge in [0.1, 0.15) is 5.75 Å². The van der Waals surface area contributed by atoms with Gasteiger partial charge in [-0.3, -0.25) is 0 Å². The van der Waals surface area contributed by atoms with Crippen molar-refractivity contribution in [3.63, 3.8) is 0 Å². The largest absolute Gasteiger partial charge is 0.497 e. The van der Waals surface area contributed by atoms with Gasteiger partial charge in [-0.1, -0.05) is 0 Å². The minimum absolute atomic E-state index is 0.529. The third-order valence-electron chi connectivity index (χ3n) is 5.92. The fourth-order valence-corrected chi connectivity index (χ4v) is 5.08. The number of methoxy groups -OCH3 is 1. The third-order valence-corrected chi connectivity index (χ3v) is 6.14. The van der Waals surface area contributed by atoms with Crippen LogP contribution in [0.3, 0.4) is 0 Å². The molecule has 1 aliphatic carbocycles. The number of anilines is 1. The average Bonchev–Trinajstić information content (AvgIpc) is 3.39. The van der Waals surface area contributed by atoms with Crippen LogP contribution in [0.4, 0.5) is 5.69 Å². The van der Waals surface area contributed by atoms with Crippen LogP contribution < -0.4 is 20.3 Å². The molecule has 4 rings (SSSR count). The van der Waals surface area contributed by atoms with Gasteiger partial charge in [-0.15, -0.1) is 0 Å². The summed E-state index contributed by atoms with van der Waals surface area (Å²) in [4.78, 5) is 1.94. The summed E-state index contributed by atoms with van der Waals surface area (Å²) in [5.74, 6) is 0.864. The number of hydrogen-bond acceptors (Lipinski definition) is 2. The molecule has 1 aromatic carbocycles. The molecule has 2 heterocycles. The van der Waals surface area contributed by atoms with E-state index < -0.39 is 0 Å². The van der Waals surface area contributed by atoms with Crippen LogP contribution in [0.5, 0.6) is 5.75 Å². The second-order valence-electron chi connectivity index (χ2n) is 7.59. The highest BCUT2D eigenvalue weighted by atomic mass is 32.1.